The van der Waals surface area contributed by atoms with Gasteiger partial charge in [-0.25, -0.2) is 9.48 Å². The Kier molecular flexibility index (Phi) is 5.98. The number of aliphatic carboxylic acids is 1. The Labute approximate surface area is 184 Å². The van der Waals surface area contributed by atoms with E-state index in [9.17, 15) is 24.6 Å². The summed E-state index contributed by atoms with van der Waals surface area (Å²) < 4.78 is 1.48. The lowest BCUT2D eigenvalue weighted by Gasteiger charge is -2.49. The fourth-order valence-electron chi connectivity index (χ4n) is 3.31. The number of aliphatic hydroxyl groups is 1. The molecule has 2 aliphatic heterocycles. The van der Waals surface area contributed by atoms with Crippen LogP contribution in [0.25, 0.3) is 0 Å². The first kappa shape index (κ1) is 21.3. The molecular weight excluding hydrogens is 444 g/mol. The number of amides is 2. The highest BCUT2D eigenvalue weighted by molar-refractivity contribution is 8.01. The van der Waals surface area contributed by atoms with Crippen LogP contribution in [-0.4, -0.2) is 76.0 Å². The summed E-state index contributed by atoms with van der Waals surface area (Å²) in [7, 11) is 1.68. The van der Waals surface area contributed by atoms with E-state index in [0.717, 1.165) is 0 Å². The van der Waals surface area contributed by atoms with Gasteiger partial charge >= 0.3 is 5.97 Å². The number of aryl methyl sites for hydroxylation is 1. The Morgan fingerprint density at radius 2 is 2.10 bits per heavy atom. The van der Waals surface area contributed by atoms with Crippen LogP contribution in [-0.2, 0) is 21.4 Å². The van der Waals surface area contributed by atoms with Crippen molar-refractivity contribution in [3.05, 3.63) is 47.2 Å². The predicted molar refractivity (Wildman–Crippen MR) is 111 cm³/mol. The first-order valence-electron chi connectivity index (χ1n) is 9.17. The number of hydrogen-bond donors (Lipinski definition) is 3. The molecule has 2 amide bonds. The second-order valence-electron chi connectivity index (χ2n) is 6.84. The van der Waals surface area contributed by atoms with Crippen molar-refractivity contribution >= 4 is 41.3 Å². The van der Waals surface area contributed by atoms with E-state index in [4.69, 9.17) is 0 Å². The molecule has 0 bridgehead atoms. The molecule has 31 heavy (non-hydrogen) atoms. The number of tetrazole rings is 1. The van der Waals surface area contributed by atoms with E-state index in [-0.39, 0.29) is 5.70 Å². The average molecular weight is 463 g/mol. The monoisotopic (exact) mass is 462 g/mol. The van der Waals surface area contributed by atoms with Gasteiger partial charge in [0.1, 0.15) is 17.1 Å². The van der Waals surface area contributed by atoms with E-state index in [2.05, 4.69) is 20.8 Å². The predicted octanol–water partition coefficient (Wildman–Crippen LogP) is -0.226. The van der Waals surface area contributed by atoms with E-state index in [1.807, 2.05) is 0 Å². The Morgan fingerprint density at radius 1 is 1.35 bits per heavy atom. The van der Waals surface area contributed by atoms with Crippen LogP contribution in [0.2, 0.25) is 0 Å². The van der Waals surface area contributed by atoms with E-state index in [0.29, 0.717) is 27.8 Å². The Bertz CT molecular complexity index is 1060. The summed E-state index contributed by atoms with van der Waals surface area (Å²) in [5.74, 6) is -1.75. The van der Waals surface area contributed by atoms with Crippen molar-refractivity contribution in [2.24, 2.45) is 7.05 Å². The SMILES string of the molecule is Cn1nnnc1SCC1=C(C(=O)O)N2C(=O)C(NC(=O)C(O)c3ccccc3)[C@H]2SC1. The lowest BCUT2D eigenvalue weighted by atomic mass is 10.0. The van der Waals surface area contributed by atoms with E-state index in [1.165, 1.54) is 33.1 Å². The number of aliphatic hydroxyl groups excluding tert-OH is 1. The highest BCUT2D eigenvalue weighted by atomic mass is 32.2. The number of carboxylic acid groups (broad SMARTS) is 1. The minimum atomic E-state index is -1.42. The zero-order valence-corrected chi connectivity index (χ0v) is 17.8. The van der Waals surface area contributed by atoms with Gasteiger partial charge < -0.3 is 15.5 Å². The Balaban J connectivity index is 1.46. The largest absolute Gasteiger partial charge is 0.477 e. The molecule has 0 aliphatic carbocycles. The molecule has 0 spiro atoms. The number of carbonyl (C=O) groups is 3. The summed E-state index contributed by atoms with van der Waals surface area (Å²) in [6, 6.07) is 7.46. The molecule has 162 valence electrons. The van der Waals surface area contributed by atoms with Gasteiger partial charge in [-0.2, -0.15) is 0 Å². The topological polar surface area (TPSA) is 151 Å². The molecule has 13 heteroatoms. The fourth-order valence-corrected chi connectivity index (χ4v) is 5.64. The van der Waals surface area contributed by atoms with Crippen molar-refractivity contribution in [2.75, 3.05) is 11.5 Å². The number of fused-ring (bicyclic) bond motifs is 1. The van der Waals surface area contributed by atoms with E-state index in [1.54, 1.807) is 37.4 Å². The smallest absolute Gasteiger partial charge is 0.352 e. The number of thioether (sulfide) groups is 2. The van der Waals surface area contributed by atoms with Crippen LogP contribution in [0.1, 0.15) is 11.7 Å². The standard InChI is InChI=1S/C18H18N6O5S2/c1-23-18(20-21-22-23)31-8-10-7-30-16-11(15(27)24(16)12(10)17(28)29)19-14(26)13(25)9-5-3-2-4-6-9/h2-6,11,13,16,25H,7-8H2,1H3,(H,19,26)(H,28,29)/t11?,13?,16-/m1/s1. The van der Waals surface area contributed by atoms with Crippen molar-refractivity contribution < 1.29 is 24.6 Å². The van der Waals surface area contributed by atoms with Crippen LogP contribution >= 0.6 is 23.5 Å². The highest BCUT2D eigenvalue weighted by Gasteiger charge is 2.54. The molecule has 3 heterocycles. The Hall–Kier alpha value is -2.90. The second kappa shape index (κ2) is 8.69. The molecule has 4 rings (SSSR count). The van der Waals surface area contributed by atoms with Crippen molar-refractivity contribution in [3.8, 4) is 0 Å². The fraction of sp³-hybridized carbons (Fsp3) is 0.333. The Morgan fingerprint density at radius 3 is 2.74 bits per heavy atom. The zero-order chi connectivity index (χ0) is 22.1. The summed E-state index contributed by atoms with van der Waals surface area (Å²) in [5, 5.41) is 33.6. The van der Waals surface area contributed by atoms with Gasteiger partial charge in [0.2, 0.25) is 5.16 Å². The maximum atomic E-state index is 12.7. The van der Waals surface area contributed by atoms with Gasteiger partial charge in [0.15, 0.2) is 6.10 Å². The van der Waals surface area contributed by atoms with Crippen LogP contribution in [0, 0.1) is 0 Å². The first-order chi connectivity index (χ1) is 14.9. The van der Waals surface area contributed by atoms with Gasteiger partial charge in [0.05, 0.1) is 0 Å². The number of β-lactam (4-membered cyclic amide) rings is 1. The van der Waals surface area contributed by atoms with E-state index >= 15 is 0 Å². The number of aromatic nitrogens is 4. The number of hydrogen-bond acceptors (Lipinski definition) is 9. The quantitative estimate of drug-likeness (QED) is 0.372. The third-order valence-corrected chi connectivity index (χ3v) is 7.30. The zero-order valence-electron chi connectivity index (χ0n) is 16.2. The van der Waals surface area contributed by atoms with Crippen LogP contribution in [0.5, 0.6) is 0 Å². The molecule has 1 aromatic carbocycles. The average Bonchev–Trinajstić information content (AvgIpc) is 3.19. The molecule has 1 aromatic heterocycles. The van der Waals surface area contributed by atoms with Gasteiger partial charge in [-0.1, -0.05) is 42.1 Å². The third kappa shape index (κ3) is 4.03. The van der Waals surface area contributed by atoms with Crippen LogP contribution in [0.3, 0.4) is 0 Å². The minimum absolute atomic E-state index is 0.0783. The summed E-state index contributed by atoms with van der Waals surface area (Å²) in [4.78, 5) is 38.2. The molecule has 1 fully saturated rings. The minimum Gasteiger partial charge on any atom is -0.477 e. The third-order valence-electron chi connectivity index (χ3n) is 4.87. The second-order valence-corrected chi connectivity index (χ2v) is 8.89. The molecule has 0 saturated carbocycles. The summed E-state index contributed by atoms with van der Waals surface area (Å²) in [6.45, 7) is 0. The molecule has 1 saturated heterocycles. The van der Waals surface area contributed by atoms with Crippen molar-refractivity contribution in [2.45, 2.75) is 22.7 Å². The number of carboxylic acids is 1. The molecule has 3 N–H and O–H groups in total. The number of carbonyl (C=O) groups excluding carboxylic acids is 2. The summed E-state index contributed by atoms with van der Waals surface area (Å²) in [5.41, 5.74) is 0.901. The first-order valence-corrected chi connectivity index (χ1v) is 11.2. The van der Waals surface area contributed by atoms with Crippen LogP contribution < -0.4 is 5.32 Å². The lowest BCUT2D eigenvalue weighted by molar-refractivity contribution is -0.151. The van der Waals surface area contributed by atoms with E-state index < -0.39 is 35.3 Å². The van der Waals surface area contributed by atoms with Crippen molar-refractivity contribution in [1.82, 2.24) is 30.4 Å². The van der Waals surface area contributed by atoms with Gasteiger partial charge in [-0.05, 0) is 21.6 Å². The maximum Gasteiger partial charge on any atom is 0.352 e. The molecule has 0 radical (unpaired) electrons. The maximum absolute atomic E-state index is 12.7. The molecule has 2 unspecified atom stereocenters. The normalized spacial score (nSPS) is 21.4. The molecule has 11 nitrogen and oxygen atoms in total. The molecule has 2 aliphatic rings. The lowest BCUT2D eigenvalue weighted by Crippen LogP contribution is -2.70. The number of nitrogens with one attached hydrogen (secondary N) is 1. The van der Waals surface area contributed by atoms with Gasteiger partial charge in [-0.3, -0.25) is 14.5 Å². The number of benzene rings is 1. The van der Waals surface area contributed by atoms with Crippen molar-refractivity contribution in [1.29, 1.82) is 0 Å². The number of nitrogens with zero attached hydrogens (tertiary/aromatic N) is 5. The molecule has 3 atom stereocenters. The summed E-state index contributed by atoms with van der Waals surface area (Å²) >= 11 is 2.64. The van der Waals surface area contributed by atoms with Crippen LogP contribution in [0.15, 0.2) is 46.8 Å². The molecular formula is C18H18N6O5S2. The summed E-state index contributed by atoms with van der Waals surface area (Å²) in [6.07, 6.45) is -1.42. The van der Waals surface area contributed by atoms with Crippen LogP contribution in [0.4, 0.5) is 0 Å². The van der Waals surface area contributed by atoms with Gasteiger partial charge in [-0.15, -0.1) is 16.9 Å². The highest BCUT2D eigenvalue weighted by Crippen LogP contribution is 2.41. The van der Waals surface area contributed by atoms with Crippen molar-refractivity contribution in [3.63, 3.8) is 0 Å². The number of rotatable bonds is 7. The molecule has 2 aromatic rings. The van der Waals surface area contributed by atoms with Gasteiger partial charge in [0, 0.05) is 18.6 Å². The van der Waals surface area contributed by atoms with Gasteiger partial charge in [0.25, 0.3) is 11.8 Å².